The number of furan rings is 1. The van der Waals surface area contributed by atoms with Crippen LogP contribution >= 0.6 is 0 Å². The van der Waals surface area contributed by atoms with Gasteiger partial charge in [-0.2, -0.15) is 0 Å². The normalized spacial score (nSPS) is 16.3. The molecule has 0 spiro atoms. The number of nitrogens with one attached hydrogen (secondary N) is 1. The first-order chi connectivity index (χ1) is 10.1. The van der Waals surface area contributed by atoms with E-state index in [2.05, 4.69) is 5.32 Å². The molecule has 1 aliphatic rings. The molecular formula is C15H20N2O4. The van der Waals surface area contributed by atoms with Crippen LogP contribution in [-0.4, -0.2) is 47.6 Å². The number of hydrogen-bond acceptors (Lipinski definition) is 4. The minimum absolute atomic E-state index is 0.0113. The zero-order valence-corrected chi connectivity index (χ0v) is 11.8. The van der Waals surface area contributed by atoms with Gasteiger partial charge in [-0.05, 0) is 31.1 Å². The van der Waals surface area contributed by atoms with Gasteiger partial charge in [-0.3, -0.25) is 9.59 Å². The molecule has 6 heteroatoms. The predicted octanol–water partition coefficient (Wildman–Crippen LogP) is 0.782. The second-order valence-corrected chi connectivity index (χ2v) is 5.00. The van der Waals surface area contributed by atoms with Crippen LogP contribution in [0.25, 0.3) is 6.08 Å². The van der Waals surface area contributed by atoms with Crippen LogP contribution in [0.5, 0.6) is 0 Å². The van der Waals surface area contributed by atoms with E-state index in [0.29, 0.717) is 38.2 Å². The smallest absolute Gasteiger partial charge is 0.244 e. The average molecular weight is 292 g/mol. The summed E-state index contributed by atoms with van der Waals surface area (Å²) in [5, 5.41) is 12.0. The number of carbonyl (C=O) groups is 2. The summed E-state index contributed by atoms with van der Waals surface area (Å²) >= 11 is 0. The second kappa shape index (κ2) is 7.64. The van der Waals surface area contributed by atoms with E-state index >= 15 is 0 Å². The molecule has 2 amide bonds. The van der Waals surface area contributed by atoms with Crippen molar-refractivity contribution in [2.24, 2.45) is 0 Å². The highest BCUT2D eigenvalue weighted by molar-refractivity contribution is 5.91. The lowest BCUT2D eigenvalue weighted by atomic mass is 10.1. The summed E-state index contributed by atoms with van der Waals surface area (Å²) in [5.74, 6) is 0.360. The van der Waals surface area contributed by atoms with E-state index in [-0.39, 0.29) is 24.3 Å². The molecule has 0 radical (unpaired) electrons. The first-order valence-electron chi connectivity index (χ1n) is 7.10. The number of likely N-dealkylation sites (tertiary alicyclic amines) is 1. The van der Waals surface area contributed by atoms with Gasteiger partial charge in [-0.25, -0.2) is 0 Å². The van der Waals surface area contributed by atoms with Crippen LogP contribution < -0.4 is 5.32 Å². The van der Waals surface area contributed by atoms with Gasteiger partial charge in [-0.15, -0.1) is 0 Å². The summed E-state index contributed by atoms with van der Waals surface area (Å²) in [6, 6.07) is 3.49. The Morgan fingerprint density at radius 2 is 2.19 bits per heavy atom. The lowest BCUT2D eigenvalue weighted by molar-refractivity contribution is -0.133. The number of nitrogens with zero attached hydrogens (tertiary/aromatic N) is 1. The van der Waals surface area contributed by atoms with Gasteiger partial charge in [0.1, 0.15) is 5.76 Å². The molecule has 1 aromatic heterocycles. The maximum absolute atomic E-state index is 11.9. The summed E-state index contributed by atoms with van der Waals surface area (Å²) in [5.41, 5.74) is 0. The molecule has 1 aliphatic heterocycles. The number of hydrogen-bond donors (Lipinski definition) is 2. The van der Waals surface area contributed by atoms with Crippen molar-refractivity contribution >= 4 is 17.9 Å². The molecule has 2 rings (SSSR count). The Balaban J connectivity index is 1.64. The fourth-order valence-electron chi connectivity index (χ4n) is 2.17. The summed E-state index contributed by atoms with van der Waals surface area (Å²) in [6.07, 6.45) is 5.72. The summed E-state index contributed by atoms with van der Waals surface area (Å²) in [4.78, 5) is 25.2. The fraction of sp³-hybridized carbons (Fsp3) is 0.467. The molecule has 114 valence electrons. The number of rotatable bonds is 5. The first kappa shape index (κ1) is 15.3. The van der Waals surface area contributed by atoms with Crippen molar-refractivity contribution in [3.63, 3.8) is 0 Å². The highest BCUT2D eigenvalue weighted by Gasteiger charge is 2.20. The number of piperidine rings is 1. The molecule has 0 aromatic carbocycles. The van der Waals surface area contributed by atoms with Crippen LogP contribution in [0, 0.1) is 0 Å². The van der Waals surface area contributed by atoms with E-state index in [9.17, 15) is 14.7 Å². The van der Waals surface area contributed by atoms with Gasteiger partial charge in [0, 0.05) is 32.1 Å². The molecular weight excluding hydrogens is 272 g/mol. The van der Waals surface area contributed by atoms with Crippen molar-refractivity contribution in [1.82, 2.24) is 10.2 Å². The van der Waals surface area contributed by atoms with E-state index in [1.54, 1.807) is 23.1 Å². The van der Waals surface area contributed by atoms with Gasteiger partial charge < -0.3 is 19.7 Å². The molecule has 0 unspecified atom stereocenters. The van der Waals surface area contributed by atoms with Gasteiger partial charge in [0.2, 0.25) is 11.8 Å². The lowest BCUT2D eigenvalue weighted by Gasteiger charge is -2.29. The molecule has 0 saturated carbocycles. The quantitative estimate of drug-likeness (QED) is 0.786. The van der Waals surface area contributed by atoms with Crippen LogP contribution in [0.1, 0.15) is 25.0 Å². The number of amides is 2. The number of aliphatic hydroxyl groups is 1. The zero-order valence-electron chi connectivity index (χ0n) is 11.8. The van der Waals surface area contributed by atoms with Crippen LogP contribution in [0.2, 0.25) is 0 Å². The van der Waals surface area contributed by atoms with Crippen molar-refractivity contribution < 1.29 is 19.1 Å². The van der Waals surface area contributed by atoms with Gasteiger partial charge in [0.05, 0.1) is 12.4 Å². The molecule has 0 bridgehead atoms. The van der Waals surface area contributed by atoms with Crippen molar-refractivity contribution in [1.29, 1.82) is 0 Å². The predicted molar refractivity (Wildman–Crippen MR) is 77.2 cm³/mol. The van der Waals surface area contributed by atoms with Gasteiger partial charge >= 0.3 is 0 Å². The van der Waals surface area contributed by atoms with Crippen molar-refractivity contribution in [3.8, 4) is 0 Å². The highest BCUT2D eigenvalue weighted by Crippen LogP contribution is 2.10. The maximum atomic E-state index is 11.9. The minimum Gasteiger partial charge on any atom is -0.465 e. The Morgan fingerprint density at radius 3 is 2.86 bits per heavy atom. The molecule has 2 heterocycles. The van der Waals surface area contributed by atoms with E-state index in [0.717, 1.165) is 0 Å². The molecule has 1 fully saturated rings. The minimum atomic E-state index is -0.291. The van der Waals surface area contributed by atoms with E-state index in [1.165, 1.54) is 12.3 Å². The van der Waals surface area contributed by atoms with Crippen molar-refractivity contribution in [2.75, 3.05) is 19.6 Å². The zero-order chi connectivity index (χ0) is 15.1. The van der Waals surface area contributed by atoms with Crippen molar-refractivity contribution in [3.05, 3.63) is 30.2 Å². The molecule has 1 saturated heterocycles. The van der Waals surface area contributed by atoms with Crippen LogP contribution in [0.3, 0.4) is 0 Å². The SMILES string of the molecule is O=C(/C=C/c1ccco1)NCCC(=O)N1CCC(O)CC1. The lowest BCUT2D eigenvalue weighted by Crippen LogP contribution is -2.41. The third-order valence-corrected chi connectivity index (χ3v) is 3.40. The molecule has 0 aliphatic carbocycles. The maximum Gasteiger partial charge on any atom is 0.244 e. The molecule has 6 nitrogen and oxygen atoms in total. The third kappa shape index (κ3) is 5.07. The topological polar surface area (TPSA) is 82.8 Å². The van der Waals surface area contributed by atoms with Crippen molar-refractivity contribution in [2.45, 2.75) is 25.4 Å². The average Bonchev–Trinajstić information content (AvgIpc) is 2.99. The van der Waals surface area contributed by atoms with Crippen LogP contribution in [0.15, 0.2) is 28.9 Å². The summed E-state index contributed by atoms with van der Waals surface area (Å²) in [7, 11) is 0. The van der Waals surface area contributed by atoms with Crippen LogP contribution in [-0.2, 0) is 9.59 Å². The Kier molecular flexibility index (Phi) is 5.57. The van der Waals surface area contributed by atoms with Gasteiger partial charge in [0.15, 0.2) is 0 Å². The first-order valence-corrected chi connectivity index (χ1v) is 7.10. The Hall–Kier alpha value is -2.08. The molecule has 2 N–H and O–H groups in total. The Morgan fingerprint density at radius 1 is 1.43 bits per heavy atom. The largest absolute Gasteiger partial charge is 0.465 e. The Bertz CT molecular complexity index is 488. The Labute approximate surface area is 123 Å². The number of carbonyl (C=O) groups excluding carboxylic acids is 2. The molecule has 1 aromatic rings. The fourth-order valence-corrected chi connectivity index (χ4v) is 2.17. The third-order valence-electron chi connectivity index (χ3n) is 3.40. The summed E-state index contributed by atoms with van der Waals surface area (Å²) in [6.45, 7) is 1.48. The molecule has 0 atom stereocenters. The van der Waals surface area contributed by atoms with Crippen LogP contribution in [0.4, 0.5) is 0 Å². The van der Waals surface area contributed by atoms with E-state index in [4.69, 9.17) is 4.42 Å². The standard InChI is InChI=1S/C15H20N2O4/c18-12-6-9-17(10-7-12)15(20)5-8-16-14(19)4-3-13-2-1-11-21-13/h1-4,11-12,18H,5-10H2,(H,16,19)/b4-3+. The monoisotopic (exact) mass is 292 g/mol. The van der Waals surface area contributed by atoms with Gasteiger partial charge in [-0.1, -0.05) is 0 Å². The summed E-state index contributed by atoms with van der Waals surface area (Å²) < 4.78 is 5.07. The highest BCUT2D eigenvalue weighted by atomic mass is 16.3. The number of aliphatic hydroxyl groups excluding tert-OH is 1. The molecule has 21 heavy (non-hydrogen) atoms. The van der Waals surface area contributed by atoms with E-state index < -0.39 is 0 Å². The van der Waals surface area contributed by atoms with Gasteiger partial charge in [0.25, 0.3) is 0 Å². The van der Waals surface area contributed by atoms with E-state index in [1.807, 2.05) is 0 Å². The second-order valence-electron chi connectivity index (χ2n) is 5.00.